The highest BCUT2D eigenvalue weighted by atomic mass is 32.2. The van der Waals surface area contributed by atoms with E-state index in [2.05, 4.69) is 20.6 Å². The predicted molar refractivity (Wildman–Crippen MR) is 106 cm³/mol. The highest BCUT2D eigenvalue weighted by Crippen LogP contribution is 2.24. The smallest absolute Gasteiger partial charge is 0.350 e. The summed E-state index contributed by atoms with van der Waals surface area (Å²) >= 11 is 1.29. The second kappa shape index (κ2) is 9.47. The van der Waals surface area contributed by atoms with Crippen LogP contribution in [0.5, 0.6) is 0 Å². The number of thiazole rings is 1. The molecule has 1 aromatic rings. The van der Waals surface area contributed by atoms with Crippen molar-refractivity contribution in [2.45, 2.75) is 33.2 Å². The van der Waals surface area contributed by atoms with Gasteiger partial charge >= 0.3 is 5.97 Å². The first kappa shape index (κ1) is 21.6. The lowest BCUT2D eigenvalue weighted by atomic mass is 10.3. The minimum Gasteiger partial charge on any atom is -0.462 e. The van der Waals surface area contributed by atoms with Gasteiger partial charge in [0.25, 0.3) is 0 Å². The van der Waals surface area contributed by atoms with E-state index in [0.29, 0.717) is 49.2 Å². The Hall–Kier alpha value is -1.72. The molecule has 9 nitrogen and oxygen atoms in total. The van der Waals surface area contributed by atoms with Crippen molar-refractivity contribution >= 4 is 33.3 Å². The van der Waals surface area contributed by atoms with Crippen LogP contribution in [0.2, 0.25) is 0 Å². The van der Waals surface area contributed by atoms with Crippen molar-refractivity contribution in [3.8, 4) is 0 Å². The third-order valence-corrected chi connectivity index (χ3v) is 7.35. The first-order valence-corrected chi connectivity index (χ1v) is 11.3. The summed E-state index contributed by atoms with van der Waals surface area (Å²) in [6.07, 6.45) is 0.679. The number of hydrogen-bond acceptors (Lipinski definition) is 7. The molecule has 1 aliphatic rings. The van der Waals surface area contributed by atoms with E-state index in [1.807, 2.05) is 6.92 Å². The maximum absolute atomic E-state index is 11.9. The van der Waals surface area contributed by atoms with Gasteiger partial charge in [-0.1, -0.05) is 0 Å². The first-order chi connectivity index (χ1) is 12.8. The Balaban J connectivity index is 1.90. The molecular formula is C16H27N5O4S2. The van der Waals surface area contributed by atoms with Crippen molar-refractivity contribution in [1.82, 2.24) is 19.9 Å². The number of guanidine groups is 1. The summed E-state index contributed by atoms with van der Waals surface area (Å²) in [6.45, 7) is 7.22. The molecule has 0 saturated carbocycles. The van der Waals surface area contributed by atoms with Crippen LogP contribution in [0.1, 0.15) is 46.7 Å². The summed E-state index contributed by atoms with van der Waals surface area (Å²) in [5, 5.41) is 7.08. The van der Waals surface area contributed by atoms with E-state index in [-0.39, 0.29) is 17.8 Å². The molecule has 2 rings (SSSR count). The van der Waals surface area contributed by atoms with Gasteiger partial charge in [0.1, 0.15) is 9.88 Å². The van der Waals surface area contributed by atoms with Crippen molar-refractivity contribution in [3.63, 3.8) is 0 Å². The van der Waals surface area contributed by atoms with Crippen LogP contribution in [0.25, 0.3) is 0 Å². The Morgan fingerprint density at radius 3 is 2.81 bits per heavy atom. The van der Waals surface area contributed by atoms with Crippen LogP contribution >= 0.6 is 11.3 Å². The molecule has 0 aliphatic carbocycles. The minimum absolute atomic E-state index is 0.168. The topological polar surface area (TPSA) is 113 Å². The van der Waals surface area contributed by atoms with E-state index in [0.717, 1.165) is 5.01 Å². The van der Waals surface area contributed by atoms with E-state index >= 15 is 0 Å². The molecule has 0 amide bonds. The SMILES string of the molecule is CCOC(=O)c1sc(C(C)NC(=NC)NCCN2CCCS2(=O)=O)nc1C. The Bertz CT molecular complexity index is 791. The fraction of sp³-hybridized carbons (Fsp3) is 0.688. The van der Waals surface area contributed by atoms with Crippen molar-refractivity contribution < 1.29 is 17.9 Å². The average Bonchev–Trinajstić information content (AvgIpc) is 3.16. The molecule has 0 spiro atoms. The zero-order valence-corrected chi connectivity index (χ0v) is 17.7. The molecule has 27 heavy (non-hydrogen) atoms. The summed E-state index contributed by atoms with van der Waals surface area (Å²) in [4.78, 5) is 21.0. The number of carbonyl (C=O) groups is 1. The zero-order valence-electron chi connectivity index (χ0n) is 16.1. The lowest BCUT2D eigenvalue weighted by molar-refractivity contribution is 0.0531. The number of aromatic nitrogens is 1. The number of hydrogen-bond donors (Lipinski definition) is 2. The van der Waals surface area contributed by atoms with Crippen LogP contribution in [0.4, 0.5) is 0 Å². The lowest BCUT2D eigenvalue weighted by Gasteiger charge is -2.18. The quantitative estimate of drug-likeness (QED) is 0.385. The van der Waals surface area contributed by atoms with Crippen LogP contribution < -0.4 is 10.6 Å². The van der Waals surface area contributed by atoms with Crippen molar-refractivity contribution in [1.29, 1.82) is 0 Å². The Morgan fingerprint density at radius 1 is 1.48 bits per heavy atom. The van der Waals surface area contributed by atoms with Crippen molar-refractivity contribution in [3.05, 3.63) is 15.6 Å². The summed E-state index contributed by atoms with van der Waals surface area (Å²) in [6, 6.07) is -0.168. The molecule has 1 aromatic heterocycles. The van der Waals surface area contributed by atoms with E-state index in [4.69, 9.17) is 4.74 Å². The summed E-state index contributed by atoms with van der Waals surface area (Å²) in [5.74, 6) is 0.411. The van der Waals surface area contributed by atoms with Crippen LogP contribution in [0.3, 0.4) is 0 Å². The lowest BCUT2D eigenvalue weighted by Crippen LogP contribution is -2.42. The molecule has 152 valence electrons. The second-order valence-corrected chi connectivity index (χ2v) is 9.24. The molecule has 0 bridgehead atoms. The zero-order chi connectivity index (χ0) is 20.0. The first-order valence-electron chi connectivity index (χ1n) is 8.88. The predicted octanol–water partition coefficient (Wildman–Crippen LogP) is 0.890. The summed E-state index contributed by atoms with van der Waals surface area (Å²) in [5.41, 5.74) is 0.643. The minimum atomic E-state index is -3.09. The second-order valence-electron chi connectivity index (χ2n) is 6.12. The molecule has 1 saturated heterocycles. The number of carbonyl (C=O) groups excluding carboxylic acids is 1. The number of ether oxygens (including phenoxy) is 1. The van der Waals surface area contributed by atoms with Gasteiger partial charge < -0.3 is 15.4 Å². The normalized spacial score (nSPS) is 18.3. The van der Waals surface area contributed by atoms with Gasteiger partial charge in [0.05, 0.1) is 24.1 Å². The maximum Gasteiger partial charge on any atom is 0.350 e. The van der Waals surface area contributed by atoms with Gasteiger partial charge in [-0.15, -0.1) is 11.3 Å². The van der Waals surface area contributed by atoms with E-state index in [9.17, 15) is 13.2 Å². The third kappa shape index (κ3) is 5.63. The largest absolute Gasteiger partial charge is 0.462 e. The van der Waals surface area contributed by atoms with Gasteiger partial charge in [0.2, 0.25) is 10.0 Å². The van der Waals surface area contributed by atoms with E-state index < -0.39 is 10.0 Å². The van der Waals surface area contributed by atoms with Gasteiger partial charge in [0, 0.05) is 26.7 Å². The number of nitrogens with zero attached hydrogens (tertiary/aromatic N) is 3. The van der Waals surface area contributed by atoms with Gasteiger partial charge in [-0.25, -0.2) is 22.5 Å². The van der Waals surface area contributed by atoms with Crippen LogP contribution in [0.15, 0.2) is 4.99 Å². The molecular weight excluding hydrogens is 390 g/mol. The monoisotopic (exact) mass is 417 g/mol. The fourth-order valence-corrected chi connectivity index (χ4v) is 5.18. The van der Waals surface area contributed by atoms with E-state index in [1.165, 1.54) is 15.6 Å². The third-order valence-electron chi connectivity index (χ3n) is 4.08. The van der Waals surface area contributed by atoms with Crippen LogP contribution in [-0.2, 0) is 14.8 Å². The van der Waals surface area contributed by atoms with Crippen LogP contribution in [-0.4, -0.2) is 68.7 Å². The molecule has 0 radical (unpaired) electrons. The number of aryl methyl sites for hydroxylation is 1. The molecule has 1 unspecified atom stereocenters. The maximum atomic E-state index is 11.9. The number of sulfonamides is 1. The van der Waals surface area contributed by atoms with Gasteiger partial charge in [-0.3, -0.25) is 4.99 Å². The number of aliphatic imine (C=N–C) groups is 1. The Labute approximate surface area is 164 Å². The molecule has 11 heteroatoms. The number of nitrogens with one attached hydrogen (secondary N) is 2. The van der Waals surface area contributed by atoms with Gasteiger partial charge in [0.15, 0.2) is 5.96 Å². The molecule has 1 aliphatic heterocycles. The van der Waals surface area contributed by atoms with E-state index in [1.54, 1.807) is 20.9 Å². The standard InChI is InChI=1S/C16H27N5O4S2/c1-5-25-15(22)13-11(2)19-14(26-13)12(3)20-16(17-4)18-7-9-21-8-6-10-27(21,23)24/h12H,5-10H2,1-4H3,(H2,17,18,20). The van der Waals surface area contributed by atoms with Crippen LogP contribution in [0, 0.1) is 6.92 Å². The van der Waals surface area contributed by atoms with Gasteiger partial charge in [-0.05, 0) is 27.2 Å². The fourth-order valence-electron chi connectivity index (χ4n) is 2.69. The van der Waals surface area contributed by atoms with Crippen molar-refractivity contribution in [2.24, 2.45) is 4.99 Å². The molecule has 2 heterocycles. The summed E-state index contributed by atoms with van der Waals surface area (Å²) < 4.78 is 30.2. The molecule has 1 fully saturated rings. The number of esters is 1. The average molecular weight is 418 g/mol. The Kier molecular flexibility index (Phi) is 7.57. The van der Waals surface area contributed by atoms with Gasteiger partial charge in [-0.2, -0.15) is 0 Å². The van der Waals surface area contributed by atoms with Crippen molar-refractivity contribution in [2.75, 3.05) is 39.0 Å². The highest BCUT2D eigenvalue weighted by Gasteiger charge is 2.27. The molecule has 0 aromatic carbocycles. The molecule has 2 N–H and O–H groups in total. The molecule has 1 atom stereocenters. The summed E-state index contributed by atoms with van der Waals surface area (Å²) in [7, 11) is -1.45. The highest BCUT2D eigenvalue weighted by molar-refractivity contribution is 7.89. The Morgan fingerprint density at radius 2 is 2.22 bits per heavy atom. The number of rotatable bonds is 7.